The minimum absolute atomic E-state index is 0.110. The highest BCUT2D eigenvalue weighted by atomic mass is 35.8. The number of hydrogen-bond acceptors (Lipinski definition) is 3. The lowest BCUT2D eigenvalue weighted by Crippen LogP contribution is -2.57. The van der Waals surface area contributed by atoms with Gasteiger partial charge in [-0.2, -0.15) is 0 Å². The summed E-state index contributed by atoms with van der Waals surface area (Å²) in [5.41, 5.74) is 2.44. The van der Waals surface area contributed by atoms with E-state index in [9.17, 15) is 0 Å². The molecule has 3 nitrogen and oxygen atoms in total. The molecule has 3 aromatic carbocycles. The second kappa shape index (κ2) is 14.9. The molecule has 172 valence electrons. The first-order valence-corrected chi connectivity index (χ1v) is 17.5. The van der Waals surface area contributed by atoms with E-state index in [0.717, 1.165) is 5.19 Å². The maximum Gasteiger partial charge on any atom is 0.537 e. The van der Waals surface area contributed by atoms with Gasteiger partial charge in [0.1, 0.15) is 0 Å². The Balaban J connectivity index is 0.000000837. The van der Waals surface area contributed by atoms with Crippen molar-refractivity contribution in [2.24, 2.45) is 0 Å². The average Bonchev–Trinajstić information content (AvgIpc) is 2.81. The number of hydrogen-bond donors (Lipinski definition) is 0. The van der Waals surface area contributed by atoms with Crippen molar-refractivity contribution in [3.8, 4) is 0 Å². The molecule has 0 atom stereocenters. The molecule has 0 aliphatic rings. The van der Waals surface area contributed by atoms with E-state index in [-0.39, 0.29) is 5.92 Å². The van der Waals surface area contributed by atoms with Crippen LogP contribution in [0.15, 0.2) is 91.0 Å². The fourth-order valence-corrected chi connectivity index (χ4v) is 5.84. The van der Waals surface area contributed by atoms with Crippen LogP contribution in [0.1, 0.15) is 30.9 Å². The Bertz CT molecular complexity index is 823. The monoisotopic (exact) mass is 526 g/mol. The summed E-state index contributed by atoms with van der Waals surface area (Å²) in [5.74, 6) is 0.110. The Hall–Kier alpha value is -1.16. The van der Waals surface area contributed by atoms with Gasteiger partial charge in [-0.25, -0.2) is 0 Å². The third kappa shape index (κ3) is 8.65. The van der Waals surface area contributed by atoms with Gasteiger partial charge in [-0.1, -0.05) is 91.0 Å². The first kappa shape index (κ1) is 27.1. The molecule has 0 bridgehead atoms. The van der Waals surface area contributed by atoms with E-state index in [2.05, 4.69) is 48.5 Å². The Morgan fingerprint density at radius 1 is 0.656 bits per heavy atom. The summed E-state index contributed by atoms with van der Waals surface area (Å²) in [6, 6.07) is 31.0. The highest BCUT2D eigenvalue weighted by Gasteiger charge is 2.44. The summed E-state index contributed by atoms with van der Waals surface area (Å²) in [5, 5.41) is 0.999. The van der Waals surface area contributed by atoms with E-state index in [0.29, 0.717) is 19.8 Å². The molecule has 0 radical (unpaired) electrons. The molecule has 0 spiro atoms. The van der Waals surface area contributed by atoms with E-state index in [4.69, 9.17) is 46.5 Å². The van der Waals surface area contributed by atoms with Crippen LogP contribution in [-0.4, -0.2) is 35.4 Å². The van der Waals surface area contributed by atoms with Crippen molar-refractivity contribution >= 4 is 54.0 Å². The lowest BCUT2D eigenvalue weighted by molar-refractivity contribution is 0.0788. The maximum atomic E-state index is 6.56. The van der Waals surface area contributed by atoms with E-state index >= 15 is 0 Å². The van der Waals surface area contributed by atoms with Crippen molar-refractivity contribution in [3.63, 3.8) is 0 Å². The third-order valence-electron chi connectivity index (χ3n) is 4.64. The molecular formula is C24H29Cl3O3Si2. The second-order valence-electron chi connectivity index (χ2n) is 6.72. The van der Waals surface area contributed by atoms with Gasteiger partial charge < -0.3 is 13.3 Å². The molecule has 8 heteroatoms. The van der Waals surface area contributed by atoms with E-state index in [1.165, 1.54) is 11.1 Å². The molecule has 0 aromatic heterocycles. The largest absolute Gasteiger partial charge is 0.537 e. The molecule has 0 heterocycles. The first-order valence-electron chi connectivity index (χ1n) is 10.5. The van der Waals surface area contributed by atoms with Gasteiger partial charge in [0.25, 0.3) is 0 Å². The Morgan fingerprint density at radius 2 is 1.03 bits per heavy atom. The molecule has 0 aliphatic carbocycles. The first-order chi connectivity index (χ1) is 15.5. The van der Waals surface area contributed by atoms with Crippen LogP contribution in [0.2, 0.25) is 0 Å². The quantitative estimate of drug-likeness (QED) is 0.233. The summed E-state index contributed by atoms with van der Waals surface area (Å²) < 4.78 is 18.9. The summed E-state index contributed by atoms with van der Waals surface area (Å²) in [7, 11) is -3.00. The lowest BCUT2D eigenvalue weighted by Gasteiger charge is -2.31. The van der Waals surface area contributed by atoms with Crippen LogP contribution in [0.25, 0.3) is 0 Å². The molecule has 0 N–H and O–H groups in total. The van der Waals surface area contributed by atoms with E-state index in [1.54, 1.807) is 0 Å². The molecule has 0 aliphatic heterocycles. The van der Waals surface area contributed by atoms with Crippen molar-refractivity contribution in [2.75, 3.05) is 19.8 Å². The van der Waals surface area contributed by atoms with Crippen LogP contribution in [-0.2, 0) is 13.3 Å². The zero-order valence-electron chi connectivity index (χ0n) is 18.3. The van der Waals surface area contributed by atoms with Gasteiger partial charge in [-0.3, -0.25) is 0 Å². The van der Waals surface area contributed by atoms with Crippen molar-refractivity contribution in [3.05, 3.63) is 102 Å². The molecule has 0 amide bonds. The van der Waals surface area contributed by atoms with Crippen molar-refractivity contribution in [1.82, 2.24) is 0 Å². The van der Waals surface area contributed by atoms with Crippen LogP contribution < -0.4 is 5.19 Å². The number of rotatable bonds is 10. The average molecular weight is 528 g/mol. The molecule has 0 saturated carbocycles. The van der Waals surface area contributed by atoms with Gasteiger partial charge in [-0.15, -0.1) is 33.2 Å². The lowest BCUT2D eigenvalue weighted by atomic mass is 9.92. The Labute approximate surface area is 208 Å². The summed E-state index contributed by atoms with van der Waals surface area (Å²) in [6.07, 6.45) is 0. The number of benzene rings is 3. The molecule has 32 heavy (non-hydrogen) atoms. The van der Waals surface area contributed by atoms with Crippen LogP contribution in [0.4, 0.5) is 0 Å². The van der Waals surface area contributed by atoms with Crippen LogP contribution in [0.5, 0.6) is 0 Å². The van der Waals surface area contributed by atoms with Crippen LogP contribution in [0, 0.1) is 0 Å². The smallest absolute Gasteiger partial charge is 0.370 e. The maximum absolute atomic E-state index is 6.56. The minimum Gasteiger partial charge on any atom is -0.370 e. The Kier molecular flexibility index (Phi) is 12.6. The summed E-state index contributed by atoms with van der Waals surface area (Å²) >= 11 is 14.8. The van der Waals surface area contributed by atoms with Gasteiger partial charge in [0.15, 0.2) is 0 Å². The van der Waals surface area contributed by atoms with E-state index in [1.807, 2.05) is 56.3 Å². The number of halogens is 3. The van der Waals surface area contributed by atoms with Gasteiger partial charge in [0.05, 0.1) is 0 Å². The van der Waals surface area contributed by atoms with Crippen LogP contribution >= 0.6 is 33.2 Å². The normalized spacial score (nSPS) is 11.3. The molecule has 3 rings (SSSR count). The van der Waals surface area contributed by atoms with E-state index < -0.39 is 15.5 Å². The summed E-state index contributed by atoms with van der Waals surface area (Å²) in [6.45, 7) is 3.83. The van der Waals surface area contributed by atoms with Crippen LogP contribution in [0.3, 0.4) is 0 Å². The molecule has 0 saturated heterocycles. The minimum atomic E-state index is -3.00. The zero-order valence-corrected chi connectivity index (χ0v) is 22.7. The fourth-order valence-electron chi connectivity index (χ4n) is 3.35. The predicted molar refractivity (Wildman–Crippen MR) is 140 cm³/mol. The summed E-state index contributed by atoms with van der Waals surface area (Å²) in [4.78, 5) is 0. The molecular weight excluding hydrogens is 499 g/mol. The van der Waals surface area contributed by atoms with Gasteiger partial charge >= 0.3 is 15.5 Å². The zero-order chi connectivity index (χ0) is 23.2. The van der Waals surface area contributed by atoms with Gasteiger partial charge in [0, 0.05) is 30.9 Å². The van der Waals surface area contributed by atoms with Crippen molar-refractivity contribution in [1.29, 1.82) is 0 Å². The second-order valence-corrected chi connectivity index (χ2v) is 15.7. The predicted octanol–water partition coefficient (Wildman–Crippen LogP) is 6.17. The molecule has 3 aromatic rings. The van der Waals surface area contributed by atoms with Gasteiger partial charge in [0.2, 0.25) is 0 Å². The topological polar surface area (TPSA) is 27.7 Å². The standard InChI is InChI=1S/C24H28O3Si.Cl3HSi/c1-3-25-28(26-4-2,23-18-12-7-13-19-23)27-20-24(21-14-8-5-9-15-21)22-16-10-6-11-17-22;1-4(2)3/h5-19,24H,3-4,20H2,1-2H3;4H. The third-order valence-corrected chi connectivity index (χ3v) is 7.56. The highest BCUT2D eigenvalue weighted by Crippen LogP contribution is 2.26. The molecule has 0 fully saturated rings. The van der Waals surface area contributed by atoms with Gasteiger partial charge in [-0.05, 0) is 25.0 Å². The SMILES string of the molecule is CCO[Si](OCC)(OCC(c1ccccc1)c1ccccc1)c1ccccc1.Cl[SiH](Cl)Cl. The molecule has 0 unspecified atom stereocenters. The van der Waals surface area contributed by atoms with Crippen molar-refractivity contribution in [2.45, 2.75) is 19.8 Å². The Morgan fingerprint density at radius 3 is 1.41 bits per heavy atom. The fraction of sp³-hybridized carbons (Fsp3) is 0.250. The van der Waals surface area contributed by atoms with Crippen molar-refractivity contribution < 1.29 is 13.3 Å². The highest BCUT2D eigenvalue weighted by molar-refractivity contribution is 7.54.